The Morgan fingerprint density at radius 2 is 1.97 bits per heavy atom. The Bertz CT molecular complexity index is 1110. The van der Waals surface area contributed by atoms with E-state index in [9.17, 15) is 32.7 Å². The molecule has 11 heteroatoms. The molecule has 0 aromatic heterocycles. The molecule has 1 saturated heterocycles. The van der Waals surface area contributed by atoms with Gasteiger partial charge < -0.3 is 20.6 Å². The number of amides is 3. The van der Waals surface area contributed by atoms with Gasteiger partial charge in [0.1, 0.15) is 5.82 Å². The van der Waals surface area contributed by atoms with Gasteiger partial charge in [0.05, 0.1) is 11.3 Å². The van der Waals surface area contributed by atoms with Gasteiger partial charge in [-0.15, -0.1) is 0 Å². The van der Waals surface area contributed by atoms with Gasteiger partial charge in [0.25, 0.3) is 17.7 Å². The molecule has 0 radical (unpaired) electrons. The minimum absolute atomic E-state index is 0.0144. The first-order valence-corrected chi connectivity index (χ1v) is 9.51. The van der Waals surface area contributed by atoms with Crippen LogP contribution >= 0.6 is 11.6 Å². The Morgan fingerprint density at radius 3 is 2.68 bits per heavy atom. The van der Waals surface area contributed by atoms with E-state index in [4.69, 9.17) is 11.6 Å². The van der Waals surface area contributed by atoms with Gasteiger partial charge in [-0.3, -0.25) is 14.4 Å². The molecule has 0 saturated carbocycles. The fourth-order valence-corrected chi connectivity index (χ4v) is 3.84. The molecule has 2 aliphatic rings. The summed E-state index contributed by atoms with van der Waals surface area (Å²) < 4.78 is 41.5. The number of fused-ring (bicyclic) bond motifs is 1. The number of hydrogen-bond donors (Lipinski definition) is 3. The molecule has 2 aliphatic heterocycles. The Balaban J connectivity index is 1.51. The number of nitrogens with one attached hydrogen (secondary N) is 2. The Morgan fingerprint density at radius 1 is 1.23 bits per heavy atom. The first-order valence-electron chi connectivity index (χ1n) is 9.14. The van der Waals surface area contributed by atoms with E-state index in [1.165, 1.54) is 18.2 Å². The Labute approximate surface area is 178 Å². The van der Waals surface area contributed by atoms with Crippen molar-refractivity contribution in [2.24, 2.45) is 0 Å². The number of carbonyl (C=O) groups is 3. The standard InChI is InChI=1S/C20H15ClF3N3O4/c21-11-5-10(6-12(22)7-11)9-25-16(28)19(31)3-4-27(18(19)30)13-1-2-15-14(8-13)20(23,24)17(29)26-15/h1-2,5-8,31H,3-4,9H2,(H,25,28)(H,26,29)/t19-/m1/s1. The van der Waals surface area contributed by atoms with Crippen molar-refractivity contribution in [3.05, 3.63) is 58.4 Å². The van der Waals surface area contributed by atoms with Crippen LogP contribution in [0.15, 0.2) is 36.4 Å². The number of halogens is 4. The topological polar surface area (TPSA) is 98.7 Å². The van der Waals surface area contributed by atoms with Gasteiger partial charge in [-0.05, 0) is 42.0 Å². The highest BCUT2D eigenvalue weighted by atomic mass is 35.5. The molecule has 2 heterocycles. The largest absolute Gasteiger partial charge is 0.372 e. The Kier molecular flexibility index (Phi) is 4.94. The smallest absolute Gasteiger partial charge is 0.352 e. The van der Waals surface area contributed by atoms with Crippen molar-refractivity contribution >= 4 is 40.7 Å². The normalized spacial score (nSPS) is 21.8. The summed E-state index contributed by atoms with van der Waals surface area (Å²) in [6.45, 7) is -0.301. The lowest BCUT2D eigenvalue weighted by molar-refractivity contribution is -0.149. The van der Waals surface area contributed by atoms with Gasteiger partial charge in [-0.2, -0.15) is 8.78 Å². The third-order valence-electron chi connectivity index (χ3n) is 5.23. The molecule has 0 spiro atoms. The minimum Gasteiger partial charge on any atom is -0.372 e. The molecule has 0 aliphatic carbocycles. The van der Waals surface area contributed by atoms with E-state index in [1.807, 2.05) is 5.32 Å². The van der Waals surface area contributed by atoms with Gasteiger partial charge in [0, 0.05) is 30.2 Å². The van der Waals surface area contributed by atoms with Crippen LogP contribution in [0.5, 0.6) is 0 Å². The van der Waals surface area contributed by atoms with Crippen molar-refractivity contribution in [1.29, 1.82) is 0 Å². The third kappa shape index (κ3) is 3.51. The summed E-state index contributed by atoms with van der Waals surface area (Å²) in [6, 6.07) is 7.17. The van der Waals surface area contributed by atoms with Gasteiger partial charge in [0.15, 0.2) is 0 Å². The van der Waals surface area contributed by atoms with E-state index in [1.54, 1.807) is 0 Å². The van der Waals surface area contributed by atoms with E-state index in [-0.39, 0.29) is 35.9 Å². The number of rotatable bonds is 4. The molecule has 3 amide bonds. The second kappa shape index (κ2) is 7.24. The van der Waals surface area contributed by atoms with Gasteiger partial charge in [-0.25, -0.2) is 4.39 Å². The number of hydrogen-bond acceptors (Lipinski definition) is 4. The van der Waals surface area contributed by atoms with Crippen LogP contribution in [0, 0.1) is 5.82 Å². The summed E-state index contributed by atoms with van der Waals surface area (Å²) in [5.74, 6) is -7.85. The summed E-state index contributed by atoms with van der Waals surface area (Å²) >= 11 is 5.76. The van der Waals surface area contributed by atoms with Crippen LogP contribution < -0.4 is 15.5 Å². The predicted octanol–water partition coefficient (Wildman–Crippen LogP) is 2.31. The van der Waals surface area contributed by atoms with Crippen molar-refractivity contribution in [2.45, 2.75) is 24.5 Å². The lowest BCUT2D eigenvalue weighted by Crippen LogP contribution is -2.52. The highest BCUT2D eigenvalue weighted by Gasteiger charge is 2.53. The van der Waals surface area contributed by atoms with Gasteiger partial charge >= 0.3 is 5.92 Å². The van der Waals surface area contributed by atoms with Crippen molar-refractivity contribution in [3.63, 3.8) is 0 Å². The molecular weight excluding hydrogens is 439 g/mol. The second-order valence-electron chi connectivity index (χ2n) is 7.29. The van der Waals surface area contributed by atoms with Crippen molar-refractivity contribution in [2.75, 3.05) is 16.8 Å². The summed E-state index contributed by atoms with van der Waals surface area (Å²) in [4.78, 5) is 37.7. The number of alkyl halides is 2. The van der Waals surface area contributed by atoms with Crippen molar-refractivity contribution in [1.82, 2.24) is 5.32 Å². The average Bonchev–Trinajstić information content (AvgIpc) is 3.13. The van der Waals surface area contributed by atoms with Crippen LogP contribution in [0.2, 0.25) is 5.02 Å². The van der Waals surface area contributed by atoms with E-state index < -0.39 is 40.6 Å². The zero-order valence-corrected chi connectivity index (χ0v) is 16.5. The van der Waals surface area contributed by atoms with Gasteiger partial charge in [0.2, 0.25) is 5.60 Å². The summed E-state index contributed by atoms with van der Waals surface area (Å²) in [7, 11) is 0. The lowest BCUT2D eigenvalue weighted by Gasteiger charge is -2.22. The number of benzene rings is 2. The van der Waals surface area contributed by atoms with Gasteiger partial charge in [-0.1, -0.05) is 11.6 Å². The fourth-order valence-electron chi connectivity index (χ4n) is 3.60. The quantitative estimate of drug-likeness (QED) is 0.619. The Hall–Kier alpha value is -3.11. The number of nitrogens with zero attached hydrogens (tertiary/aromatic N) is 1. The SMILES string of the molecule is O=C1Nc2ccc(N3CC[C@@](O)(C(=O)NCc4cc(F)cc(Cl)c4)C3=O)cc2C1(F)F. The average molecular weight is 454 g/mol. The molecule has 162 valence electrons. The third-order valence-corrected chi connectivity index (χ3v) is 5.45. The van der Waals surface area contributed by atoms with E-state index in [0.29, 0.717) is 5.56 Å². The zero-order chi connectivity index (χ0) is 22.6. The second-order valence-corrected chi connectivity index (χ2v) is 7.72. The maximum absolute atomic E-state index is 14.0. The van der Waals surface area contributed by atoms with E-state index >= 15 is 0 Å². The molecule has 0 unspecified atom stereocenters. The highest BCUT2D eigenvalue weighted by molar-refractivity contribution is 6.30. The molecule has 4 rings (SSSR count). The van der Waals surface area contributed by atoms with Crippen LogP contribution in [-0.4, -0.2) is 35.0 Å². The first kappa shape index (κ1) is 21.1. The molecule has 0 bridgehead atoms. The summed E-state index contributed by atoms with van der Waals surface area (Å²) in [5, 5.41) is 15.2. The maximum Gasteiger partial charge on any atom is 0.352 e. The molecule has 31 heavy (non-hydrogen) atoms. The minimum atomic E-state index is -3.76. The maximum atomic E-state index is 14.0. The van der Waals surface area contributed by atoms with Crippen LogP contribution in [0.25, 0.3) is 0 Å². The van der Waals surface area contributed by atoms with Crippen LogP contribution in [0.1, 0.15) is 17.5 Å². The monoisotopic (exact) mass is 453 g/mol. The van der Waals surface area contributed by atoms with E-state index in [2.05, 4.69) is 5.32 Å². The van der Waals surface area contributed by atoms with Crippen LogP contribution in [0.3, 0.4) is 0 Å². The lowest BCUT2D eigenvalue weighted by atomic mass is 10.0. The van der Waals surface area contributed by atoms with Crippen LogP contribution in [0.4, 0.5) is 24.5 Å². The molecule has 7 nitrogen and oxygen atoms in total. The summed E-state index contributed by atoms with van der Waals surface area (Å²) in [6.07, 6.45) is -0.285. The van der Waals surface area contributed by atoms with E-state index in [0.717, 1.165) is 23.1 Å². The predicted molar refractivity (Wildman–Crippen MR) is 104 cm³/mol. The molecule has 3 N–H and O–H groups in total. The summed E-state index contributed by atoms with van der Waals surface area (Å²) in [5.41, 5.74) is -2.76. The number of aliphatic hydroxyl groups is 1. The van der Waals surface area contributed by atoms with Crippen molar-refractivity contribution in [3.8, 4) is 0 Å². The number of carbonyl (C=O) groups excluding carboxylic acids is 3. The fraction of sp³-hybridized carbons (Fsp3) is 0.250. The number of anilines is 2. The first-order chi connectivity index (χ1) is 14.5. The molecule has 2 aromatic rings. The van der Waals surface area contributed by atoms with Crippen molar-refractivity contribution < 1.29 is 32.7 Å². The molecular formula is C20H15ClF3N3O4. The highest BCUT2D eigenvalue weighted by Crippen LogP contribution is 2.43. The zero-order valence-electron chi connectivity index (χ0n) is 15.7. The molecule has 2 aromatic carbocycles. The van der Waals surface area contributed by atoms with Crippen LogP contribution in [-0.2, 0) is 26.9 Å². The molecule has 1 atom stereocenters. The molecule has 1 fully saturated rings.